The minimum absolute atomic E-state index is 0.0159. The highest BCUT2D eigenvalue weighted by atomic mass is 16.2. The first-order valence-corrected chi connectivity index (χ1v) is 9.44. The fourth-order valence-electron chi connectivity index (χ4n) is 2.68. The monoisotopic (exact) mass is 356 g/mol. The smallest absolute Gasteiger partial charge is 0.266 e. The van der Waals surface area contributed by atoms with E-state index < -0.39 is 0 Å². The number of benzene rings is 1. The molecule has 0 saturated heterocycles. The van der Waals surface area contributed by atoms with Crippen molar-refractivity contribution in [3.8, 4) is 6.07 Å². The molecule has 0 aliphatic rings. The Morgan fingerprint density at radius 2 is 1.88 bits per heavy atom. The molecule has 0 unspecified atom stereocenters. The van der Waals surface area contributed by atoms with E-state index >= 15 is 0 Å². The zero-order valence-electron chi connectivity index (χ0n) is 16.5. The van der Waals surface area contributed by atoms with Crippen LogP contribution in [0, 0.1) is 11.3 Å². The Kier molecular flexibility index (Phi) is 10.1. The number of amides is 1. The number of hydrogen-bond donors (Lipinski definition) is 1. The molecule has 0 spiro atoms. The van der Waals surface area contributed by atoms with Crippen molar-refractivity contribution in [3.05, 3.63) is 47.7 Å². The number of nitrogens with zero attached hydrogens (tertiary/aromatic N) is 3. The van der Waals surface area contributed by atoms with Crippen LogP contribution in [0.5, 0.6) is 0 Å². The molecule has 142 valence electrons. The third kappa shape index (κ3) is 7.28. The van der Waals surface area contributed by atoms with Gasteiger partial charge in [-0.25, -0.2) is 0 Å². The lowest BCUT2D eigenvalue weighted by molar-refractivity contribution is -0.129. The molecule has 1 amide bonds. The molecule has 5 nitrogen and oxygen atoms in total. The van der Waals surface area contributed by atoms with Crippen molar-refractivity contribution in [2.24, 2.45) is 0 Å². The maximum absolute atomic E-state index is 12.8. The van der Waals surface area contributed by atoms with E-state index in [-0.39, 0.29) is 17.5 Å². The van der Waals surface area contributed by atoms with Crippen molar-refractivity contribution in [3.63, 3.8) is 0 Å². The van der Waals surface area contributed by atoms with Crippen molar-refractivity contribution in [2.75, 3.05) is 26.2 Å². The highest BCUT2D eigenvalue weighted by molar-refractivity contribution is 5.97. The highest BCUT2D eigenvalue weighted by Crippen LogP contribution is 2.12. The van der Waals surface area contributed by atoms with Gasteiger partial charge in [0.2, 0.25) is 0 Å². The van der Waals surface area contributed by atoms with Crippen LogP contribution in [0.2, 0.25) is 0 Å². The van der Waals surface area contributed by atoms with Crippen molar-refractivity contribution >= 4 is 5.91 Å². The second-order valence-corrected chi connectivity index (χ2v) is 6.52. The molecule has 0 fully saturated rings. The standard InChI is InChI=1S/C21H32N4O/c1-5-24(6-2)14-10-13-23-16-20(15-22)21(26)25(18(3)4)17-19-11-8-7-9-12-19/h7-9,11-12,16,18,23H,5-6,10,13-14,17H2,1-4H3/b20-16-. The van der Waals surface area contributed by atoms with Gasteiger partial charge in [0.15, 0.2) is 0 Å². The van der Waals surface area contributed by atoms with Crippen LogP contribution in [0.4, 0.5) is 0 Å². The van der Waals surface area contributed by atoms with E-state index in [4.69, 9.17) is 0 Å². The largest absolute Gasteiger partial charge is 0.390 e. The second-order valence-electron chi connectivity index (χ2n) is 6.52. The summed E-state index contributed by atoms with van der Waals surface area (Å²) in [5.41, 5.74) is 1.21. The molecule has 1 aromatic carbocycles. The molecule has 0 heterocycles. The topological polar surface area (TPSA) is 59.4 Å². The summed E-state index contributed by atoms with van der Waals surface area (Å²) in [5, 5.41) is 12.5. The van der Waals surface area contributed by atoms with Crippen molar-refractivity contribution in [1.29, 1.82) is 5.26 Å². The number of nitrogens with one attached hydrogen (secondary N) is 1. The molecule has 0 radical (unpaired) electrons. The van der Waals surface area contributed by atoms with E-state index in [0.29, 0.717) is 6.54 Å². The zero-order chi connectivity index (χ0) is 19.4. The summed E-state index contributed by atoms with van der Waals surface area (Å²) in [5.74, 6) is -0.234. The lowest BCUT2D eigenvalue weighted by Gasteiger charge is -2.26. The number of carbonyl (C=O) groups is 1. The van der Waals surface area contributed by atoms with Gasteiger partial charge < -0.3 is 15.1 Å². The average Bonchev–Trinajstić information content (AvgIpc) is 2.66. The number of hydrogen-bond acceptors (Lipinski definition) is 4. The van der Waals surface area contributed by atoms with Gasteiger partial charge in [0, 0.05) is 25.3 Å². The molecule has 0 aliphatic heterocycles. The number of carbonyl (C=O) groups excluding carboxylic acids is 1. The molecular formula is C21H32N4O. The van der Waals surface area contributed by atoms with Crippen LogP contribution >= 0.6 is 0 Å². The van der Waals surface area contributed by atoms with E-state index in [1.54, 1.807) is 11.1 Å². The van der Waals surface area contributed by atoms with Gasteiger partial charge in [-0.3, -0.25) is 4.79 Å². The molecule has 26 heavy (non-hydrogen) atoms. The molecule has 1 N–H and O–H groups in total. The maximum atomic E-state index is 12.8. The summed E-state index contributed by atoms with van der Waals surface area (Å²) in [6, 6.07) is 11.9. The average molecular weight is 357 g/mol. The van der Waals surface area contributed by atoms with Crippen LogP contribution in [-0.4, -0.2) is 47.9 Å². The molecule has 0 aromatic heterocycles. The van der Waals surface area contributed by atoms with Crippen LogP contribution in [0.1, 0.15) is 39.7 Å². The Hall–Kier alpha value is -2.32. The summed E-state index contributed by atoms with van der Waals surface area (Å²) < 4.78 is 0. The normalized spacial score (nSPS) is 11.5. The van der Waals surface area contributed by atoms with Gasteiger partial charge >= 0.3 is 0 Å². The van der Waals surface area contributed by atoms with Crippen molar-refractivity contribution in [1.82, 2.24) is 15.1 Å². The van der Waals surface area contributed by atoms with Crippen molar-refractivity contribution < 1.29 is 4.79 Å². The van der Waals surface area contributed by atoms with Gasteiger partial charge in [-0.15, -0.1) is 0 Å². The minimum Gasteiger partial charge on any atom is -0.390 e. The fraction of sp³-hybridized carbons (Fsp3) is 0.524. The first-order valence-electron chi connectivity index (χ1n) is 9.44. The van der Waals surface area contributed by atoms with Gasteiger partial charge in [-0.1, -0.05) is 44.2 Å². The van der Waals surface area contributed by atoms with E-state index in [0.717, 1.165) is 38.2 Å². The Balaban J connectivity index is 2.64. The van der Waals surface area contributed by atoms with E-state index in [2.05, 4.69) is 24.1 Å². The molecule has 1 aromatic rings. The first-order chi connectivity index (χ1) is 12.5. The molecule has 0 atom stereocenters. The molecule has 0 bridgehead atoms. The summed E-state index contributed by atoms with van der Waals surface area (Å²) in [7, 11) is 0. The van der Waals surface area contributed by atoms with Gasteiger partial charge in [-0.2, -0.15) is 5.26 Å². The van der Waals surface area contributed by atoms with Gasteiger partial charge in [-0.05, 0) is 45.5 Å². The molecule has 5 heteroatoms. The Morgan fingerprint density at radius 3 is 2.42 bits per heavy atom. The van der Waals surface area contributed by atoms with Crippen molar-refractivity contribution in [2.45, 2.75) is 46.7 Å². The van der Waals surface area contributed by atoms with Crippen LogP contribution in [0.3, 0.4) is 0 Å². The number of rotatable bonds is 11. The lowest BCUT2D eigenvalue weighted by atomic mass is 10.1. The second kappa shape index (κ2) is 12.1. The van der Waals surface area contributed by atoms with Crippen LogP contribution in [0.25, 0.3) is 0 Å². The van der Waals surface area contributed by atoms with Crippen LogP contribution in [-0.2, 0) is 11.3 Å². The highest BCUT2D eigenvalue weighted by Gasteiger charge is 2.21. The predicted molar refractivity (Wildman–Crippen MR) is 106 cm³/mol. The first kappa shape index (κ1) is 21.7. The quantitative estimate of drug-likeness (QED) is 0.376. The minimum atomic E-state index is -0.234. The predicted octanol–water partition coefficient (Wildman–Crippen LogP) is 3.15. The Bertz CT molecular complexity index is 600. The maximum Gasteiger partial charge on any atom is 0.266 e. The Morgan fingerprint density at radius 1 is 1.23 bits per heavy atom. The summed E-state index contributed by atoms with van der Waals surface area (Å²) in [6.45, 7) is 12.6. The van der Waals surface area contributed by atoms with E-state index in [1.807, 2.05) is 50.2 Å². The molecular weight excluding hydrogens is 324 g/mol. The van der Waals surface area contributed by atoms with Gasteiger partial charge in [0.05, 0.1) is 0 Å². The SMILES string of the molecule is CCN(CC)CCCN/C=C(/C#N)C(=O)N(Cc1ccccc1)C(C)C. The molecule has 1 rings (SSSR count). The fourth-order valence-corrected chi connectivity index (χ4v) is 2.68. The zero-order valence-corrected chi connectivity index (χ0v) is 16.5. The lowest BCUT2D eigenvalue weighted by Crippen LogP contribution is -2.37. The third-order valence-corrected chi connectivity index (χ3v) is 4.37. The summed E-state index contributed by atoms with van der Waals surface area (Å²) in [4.78, 5) is 16.8. The Labute approximate surface area is 158 Å². The third-order valence-electron chi connectivity index (χ3n) is 4.37. The van der Waals surface area contributed by atoms with Crippen LogP contribution < -0.4 is 5.32 Å². The van der Waals surface area contributed by atoms with Gasteiger partial charge in [0.25, 0.3) is 5.91 Å². The molecule has 0 saturated carbocycles. The summed E-state index contributed by atoms with van der Waals surface area (Å²) in [6.07, 6.45) is 2.54. The van der Waals surface area contributed by atoms with E-state index in [9.17, 15) is 10.1 Å². The van der Waals surface area contributed by atoms with E-state index in [1.165, 1.54) is 0 Å². The molecule has 0 aliphatic carbocycles. The number of nitriles is 1. The van der Waals surface area contributed by atoms with Gasteiger partial charge in [0.1, 0.15) is 11.6 Å². The van der Waals surface area contributed by atoms with Crippen LogP contribution in [0.15, 0.2) is 42.1 Å². The summed E-state index contributed by atoms with van der Waals surface area (Å²) >= 11 is 0.